The van der Waals surface area contributed by atoms with Crippen LogP contribution in [0.5, 0.6) is 0 Å². The van der Waals surface area contributed by atoms with Gasteiger partial charge in [-0.1, -0.05) is 127 Å². The van der Waals surface area contributed by atoms with Crippen molar-refractivity contribution in [2.75, 3.05) is 0 Å². The number of nitrogens with zero attached hydrogens (tertiary/aromatic N) is 2. The van der Waals surface area contributed by atoms with Crippen LogP contribution in [-0.2, 0) is 0 Å². The summed E-state index contributed by atoms with van der Waals surface area (Å²) in [7, 11) is 0. The molecule has 0 atom stereocenters. The largest absolute Gasteiger partial charge is 0.256 e. The molecule has 3 heterocycles. The molecule has 0 fully saturated rings. The Kier molecular flexibility index (Phi) is 7.01. The molecular formula is C42H30N2S. The molecule has 45 heavy (non-hydrogen) atoms. The molecule has 214 valence electrons. The van der Waals surface area contributed by atoms with Gasteiger partial charge < -0.3 is 0 Å². The smallest absolute Gasteiger partial charge is 0.0795 e. The molecule has 7 aromatic rings. The molecule has 0 bridgehead atoms. The summed E-state index contributed by atoms with van der Waals surface area (Å²) in [5.74, 6) is 0. The molecular weight excluding hydrogens is 565 g/mol. The van der Waals surface area contributed by atoms with Crippen LogP contribution in [0.1, 0.15) is 30.0 Å². The third-order valence-electron chi connectivity index (χ3n) is 8.62. The summed E-state index contributed by atoms with van der Waals surface area (Å²) in [5, 5.41) is 2.46. The third kappa shape index (κ3) is 5.12. The summed E-state index contributed by atoms with van der Waals surface area (Å²) >= 11 is 1.83. The monoisotopic (exact) mass is 594 g/mol. The number of benzene rings is 5. The average molecular weight is 595 g/mol. The van der Waals surface area contributed by atoms with Gasteiger partial charge in [0, 0.05) is 43.9 Å². The second-order valence-corrected chi connectivity index (χ2v) is 12.5. The summed E-state index contributed by atoms with van der Waals surface area (Å²) in [4.78, 5) is 10.3. The van der Waals surface area contributed by atoms with E-state index in [1.165, 1.54) is 48.0 Å². The zero-order chi connectivity index (χ0) is 30.2. The quantitative estimate of drug-likeness (QED) is 0.195. The third-order valence-corrected chi connectivity index (χ3v) is 9.75. The number of thiophene rings is 1. The molecule has 0 amide bonds. The summed E-state index contributed by atoms with van der Waals surface area (Å²) in [6.07, 6.45) is 5.04. The molecule has 2 nitrogen and oxygen atoms in total. The van der Waals surface area contributed by atoms with E-state index in [4.69, 9.17) is 9.98 Å². The van der Waals surface area contributed by atoms with Crippen molar-refractivity contribution in [3.63, 3.8) is 0 Å². The maximum absolute atomic E-state index is 5.33. The molecule has 0 saturated heterocycles. The summed E-state index contributed by atoms with van der Waals surface area (Å²) in [5.41, 5.74) is 12.5. The molecule has 0 N–H and O–H groups in total. The van der Waals surface area contributed by atoms with E-state index < -0.39 is 0 Å². The van der Waals surface area contributed by atoms with E-state index in [2.05, 4.69) is 153 Å². The van der Waals surface area contributed by atoms with Crippen molar-refractivity contribution in [2.24, 2.45) is 4.99 Å². The van der Waals surface area contributed by atoms with Gasteiger partial charge in [0.1, 0.15) is 0 Å². The van der Waals surface area contributed by atoms with Gasteiger partial charge in [0.05, 0.1) is 17.1 Å². The van der Waals surface area contributed by atoms with Gasteiger partial charge in [-0.2, -0.15) is 0 Å². The number of hydrogen-bond donors (Lipinski definition) is 0. The molecule has 1 aliphatic heterocycles. The highest BCUT2D eigenvalue weighted by molar-refractivity contribution is 7.25. The second kappa shape index (κ2) is 11.6. The van der Waals surface area contributed by atoms with E-state index in [-0.39, 0.29) is 0 Å². The highest BCUT2D eigenvalue weighted by Crippen LogP contribution is 2.41. The van der Waals surface area contributed by atoms with Crippen molar-refractivity contribution in [3.8, 4) is 22.4 Å². The highest BCUT2D eigenvalue weighted by atomic mass is 32.1. The Morgan fingerprint density at radius 3 is 1.89 bits per heavy atom. The number of aromatic nitrogens is 1. The number of pyridine rings is 1. The SMILES string of the molecule is CC1=C(c2ccc(-c3nccc4sc5ccc(-c6ccccc6)cc5c34)cc2)N=C(c2ccccc2)CC=C1c1ccccc1. The normalized spacial score (nSPS) is 13.5. The minimum absolute atomic E-state index is 0.773. The predicted octanol–water partition coefficient (Wildman–Crippen LogP) is 11.5. The molecule has 0 radical (unpaired) electrons. The number of fused-ring (bicyclic) bond motifs is 3. The van der Waals surface area contributed by atoms with Crippen LogP contribution in [0.2, 0.25) is 0 Å². The Morgan fingerprint density at radius 1 is 0.556 bits per heavy atom. The molecule has 0 spiro atoms. The maximum Gasteiger partial charge on any atom is 0.0795 e. The van der Waals surface area contributed by atoms with E-state index in [1.807, 2.05) is 17.5 Å². The topological polar surface area (TPSA) is 25.2 Å². The molecule has 5 aromatic carbocycles. The standard InChI is InChI=1S/C42H30N2S/c1-28-35(30-13-7-3-8-14-30)22-23-37(31-15-9-4-10-16-31)44-41(28)32-17-19-33(20-18-32)42-40-36-27-34(29-11-5-2-6-12-29)21-24-38(36)45-39(40)25-26-43-42/h2-22,24-27H,23H2,1H3. The van der Waals surface area contributed by atoms with E-state index in [1.54, 1.807) is 0 Å². The number of allylic oxidation sites excluding steroid dienone is 3. The summed E-state index contributed by atoms with van der Waals surface area (Å²) in [6.45, 7) is 2.20. The molecule has 1 aliphatic rings. The minimum Gasteiger partial charge on any atom is -0.256 e. The number of aliphatic imine (C=N–C) groups is 1. The van der Waals surface area contributed by atoms with Crippen molar-refractivity contribution in [2.45, 2.75) is 13.3 Å². The summed E-state index contributed by atoms with van der Waals surface area (Å²) < 4.78 is 2.53. The van der Waals surface area contributed by atoms with Gasteiger partial charge in [-0.15, -0.1) is 11.3 Å². The molecule has 8 rings (SSSR count). The lowest BCUT2D eigenvalue weighted by Crippen LogP contribution is -1.99. The van der Waals surface area contributed by atoms with Gasteiger partial charge in [-0.3, -0.25) is 9.98 Å². The second-order valence-electron chi connectivity index (χ2n) is 11.4. The van der Waals surface area contributed by atoms with Crippen molar-refractivity contribution in [1.29, 1.82) is 0 Å². The van der Waals surface area contributed by atoms with Crippen LogP contribution >= 0.6 is 11.3 Å². The first-order valence-electron chi connectivity index (χ1n) is 15.3. The Morgan fingerprint density at radius 2 is 1.18 bits per heavy atom. The zero-order valence-corrected chi connectivity index (χ0v) is 25.8. The van der Waals surface area contributed by atoms with Crippen molar-refractivity contribution >= 4 is 48.5 Å². The fourth-order valence-electron chi connectivity index (χ4n) is 6.33. The molecule has 0 saturated carbocycles. The fourth-order valence-corrected chi connectivity index (χ4v) is 7.41. The summed E-state index contributed by atoms with van der Waals surface area (Å²) in [6, 6.07) is 49.5. The van der Waals surface area contributed by atoms with E-state index in [0.717, 1.165) is 40.2 Å². The van der Waals surface area contributed by atoms with Crippen LogP contribution in [0.15, 0.2) is 162 Å². The zero-order valence-electron chi connectivity index (χ0n) is 24.9. The number of hydrogen-bond acceptors (Lipinski definition) is 3. The van der Waals surface area contributed by atoms with Crippen LogP contribution < -0.4 is 0 Å². The van der Waals surface area contributed by atoms with Crippen molar-refractivity contribution < 1.29 is 0 Å². The number of rotatable bonds is 5. The van der Waals surface area contributed by atoms with Gasteiger partial charge in [0.25, 0.3) is 0 Å². The highest BCUT2D eigenvalue weighted by Gasteiger charge is 2.18. The first-order valence-corrected chi connectivity index (χ1v) is 16.1. The minimum atomic E-state index is 0.773. The first-order chi connectivity index (χ1) is 22.2. The van der Waals surface area contributed by atoms with E-state index in [0.29, 0.717) is 0 Å². The lowest BCUT2D eigenvalue weighted by atomic mass is 9.94. The van der Waals surface area contributed by atoms with Crippen molar-refractivity contribution in [3.05, 3.63) is 174 Å². The van der Waals surface area contributed by atoms with Gasteiger partial charge in [0.2, 0.25) is 0 Å². The van der Waals surface area contributed by atoms with Crippen LogP contribution in [0.25, 0.3) is 53.8 Å². The lowest BCUT2D eigenvalue weighted by molar-refractivity contribution is 1.36. The Balaban J connectivity index is 1.24. The first kappa shape index (κ1) is 27.2. The molecule has 2 aromatic heterocycles. The average Bonchev–Trinajstić information content (AvgIpc) is 3.40. The Labute approximate surface area is 267 Å². The van der Waals surface area contributed by atoms with Crippen LogP contribution in [0.3, 0.4) is 0 Å². The molecule has 0 aliphatic carbocycles. The van der Waals surface area contributed by atoms with Crippen molar-refractivity contribution in [1.82, 2.24) is 4.98 Å². The Bertz CT molecular complexity index is 2260. The lowest BCUT2D eigenvalue weighted by Gasteiger charge is -2.13. The van der Waals surface area contributed by atoms with Crippen LogP contribution in [0.4, 0.5) is 0 Å². The fraction of sp³-hybridized carbons (Fsp3) is 0.0476. The van der Waals surface area contributed by atoms with E-state index in [9.17, 15) is 0 Å². The maximum atomic E-state index is 5.33. The predicted molar refractivity (Wildman–Crippen MR) is 193 cm³/mol. The van der Waals surface area contributed by atoms with Gasteiger partial charge in [-0.25, -0.2) is 0 Å². The van der Waals surface area contributed by atoms with Crippen LogP contribution in [0, 0.1) is 0 Å². The van der Waals surface area contributed by atoms with E-state index >= 15 is 0 Å². The van der Waals surface area contributed by atoms with Crippen LogP contribution in [-0.4, -0.2) is 10.7 Å². The molecule has 0 unspecified atom stereocenters. The molecule has 3 heteroatoms. The van der Waals surface area contributed by atoms with Gasteiger partial charge in [0.15, 0.2) is 0 Å². The van der Waals surface area contributed by atoms with Gasteiger partial charge >= 0.3 is 0 Å². The Hall–Kier alpha value is -5.38. The van der Waals surface area contributed by atoms with Gasteiger partial charge in [-0.05, 0) is 58.5 Å².